The minimum Gasteiger partial charge on any atom is -0.483 e. The highest BCUT2D eigenvalue weighted by molar-refractivity contribution is 9.10. The molecule has 5 heteroatoms. The van der Waals surface area contributed by atoms with Gasteiger partial charge in [-0.3, -0.25) is 9.59 Å². The summed E-state index contributed by atoms with van der Waals surface area (Å²) < 4.78 is 6.61. The molecule has 0 bridgehead atoms. The van der Waals surface area contributed by atoms with Gasteiger partial charge in [-0.2, -0.15) is 0 Å². The van der Waals surface area contributed by atoms with Gasteiger partial charge < -0.3 is 10.1 Å². The molecule has 2 aromatic carbocycles. The van der Waals surface area contributed by atoms with Crippen LogP contribution in [0, 0.1) is 13.8 Å². The third-order valence-corrected chi connectivity index (χ3v) is 3.78. The Morgan fingerprint density at radius 3 is 2.39 bits per heavy atom. The van der Waals surface area contributed by atoms with Crippen LogP contribution >= 0.6 is 15.9 Å². The van der Waals surface area contributed by atoms with Gasteiger partial charge >= 0.3 is 0 Å². The van der Waals surface area contributed by atoms with Gasteiger partial charge in [-0.15, -0.1) is 0 Å². The van der Waals surface area contributed by atoms with Gasteiger partial charge in [0.05, 0.1) is 0 Å². The van der Waals surface area contributed by atoms with Gasteiger partial charge in [0.2, 0.25) is 0 Å². The molecule has 0 aliphatic carbocycles. The van der Waals surface area contributed by atoms with E-state index in [9.17, 15) is 9.59 Å². The maximum absolute atomic E-state index is 12.0. The average Bonchev–Trinajstić information content (AvgIpc) is 2.46. The number of amides is 1. The maximum Gasteiger partial charge on any atom is 0.262 e. The number of ketones is 1. The molecule has 0 aliphatic heterocycles. The number of carbonyl (C=O) groups excluding carboxylic acids is 2. The molecule has 0 heterocycles. The number of benzene rings is 2. The Bertz CT molecular complexity index is 733. The number of nitrogens with one attached hydrogen (secondary N) is 1. The van der Waals surface area contributed by atoms with Crippen molar-refractivity contribution in [1.82, 2.24) is 0 Å². The second-order valence-corrected chi connectivity index (χ2v) is 6.26. The number of ether oxygens (including phenoxy) is 1. The Kier molecular flexibility index (Phi) is 5.55. The van der Waals surface area contributed by atoms with E-state index in [2.05, 4.69) is 21.2 Å². The number of aryl methyl sites for hydroxylation is 2. The molecule has 0 aliphatic rings. The van der Waals surface area contributed by atoms with Crippen molar-refractivity contribution < 1.29 is 14.3 Å². The molecule has 2 aromatic rings. The monoisotopic (exact) mass is 375 g/mol. The fourth-order valence-electron chi connectivity index (χ4n) is 2.28. The predicted octanol–water partition coefficient (Wildman–Crippen LogP) is 4.29. The van der Waals surface area contributed by atoms with Crippen LogP contribution in [0.4, 0.5) is 5.69 Å². The smallest absolute Gasteiger partial charge is 0.262 e. The number of anilines is 1. The van der Waals surface area contributed by atoms with E-state index in [-0.39, 0.29) is 18.3 Å². The van der Waals surface area contributed by atoms with Crippen molar-refractivity contribution in [2.45, 2.75) is 20.8 Å². The van der Waals surface area contributed by atoms with E-state index in [1.807, 2.05) is 26.0 Å². The molecule has 0 aromatic heterocycles. The Morgan fingerprint density at radius 1 is 1.13 bits per heavy atom. The van der Waals surface area contributed by atoms with Crippen molar-refractivity contribution in [2.24, 2.45) is 0 Å². The molecule has 0 radical (unpaired) electrons. The molecule has 0 spiro atoms. The third-order valence-electron chi connectivity index (χ3n) is 3.33. The summed E-state index contributed by atoms with van der Waals surface area (Å²) in [5.74, 6) is 0.395. The zero-order valence-corrected chi connectivity index (χ0v) is 14.9. The standard InChI is InChI=1S/C18H18BrNO3/c1-11-7-15(19)8-12(2)18(11)23-10-17(22)20-16-6-4-5-14(9-16)13(3)21/h4-9H,10H2,1-3H3,(H,20,22). The SMILES string of the molecule is CC(=O)c1cccc(NC(=O)COc2c(C)cc(Br)cc2C)c1. The van der Waals surface area contributed by atoms with E-state index in [4.69, 9.17) is 4.74 Å². The van der Waals surface area contributed by atoms with Crippen LogP contribution in [-0.2, 0) is 4.79 Å². The van der Waals surface area contributed by atoms with Gasteiger partial charge in [0.25, 0.3) is 5.91 Å². The minimum absolute atomic E-state index is 0.0431. The van der Waals surface area contributed by atoms with Crippen LogP contribution in [0.1, 0.15) is 28.4 Å². The summed E-state index contributed by atoms with van der Waals surface area (Å²) in [5.41, 5.74) is 3.06. The first kappa shape index (κ1) is 17.2. The summed E-state index contributed by atoms with van der Waals surface area (Å²) in [4.78, 5) is 23.4. The Hall–Kier alpha value is -2.14. The van der Waals surface area contributed by atoms with Crippen LogP contribution < -0.4 is 10.1 Å². The summed E-state index contributed by atoms with van der Waals surface area (Å²) in [6.07, 6.45) is 0. The number of Topliss-reactive ketones (excluding diaryl/α,β-unsaturated/α-hetero) is 1. The Labute approximate surface area is 144 Å². The zero-order chi connectivity index (χ0) is 17.0. The van der Waals surface area contributed by atoms with E-state index in [0.29, 0.717) is 17.0 Å². The molecular weight excluding hydrogens is 358 g/mol. The van der Waals surface area contributed by atoms with Crippen LogP contribution in [0.15, 0.2) is 40.9 Å². The lowest BCUT2D eigenvalue weighted by Crippen LogP contribution is -2.20. The van der Waals surface area contributed by atoms with Crippen molar-refractivity contribution >= 4 is 33.3 Å². The van der Waals surface area contributed by atoms with Crippen LogP contribution in [0.2, 0.25) is 0 Å². The lowest BCUT2D eigenvalue weighted by molar-refractivity contribution is -0.118. The Morgan fingerprint density at radius 2 is 1.78 bits per heavy atom. The topological polar surface area (TPSA) is 55.4 Å². The lowest BCUT2D eigenvalue weighted by Gasteiger charge is -2.13. The highest BCUT2D eigenvalue weighted by Gasteiger charge is 2.09. The highest BCUT2D eigenvalue weighted by Crippen LogP contribution is 2.27. The highest BCUT2D eigenvalue weighted by atomic mass is 79.9. The molecule has 1 amide bonds. The fraction of sp³-hybridized carbons (Fsp3) is 0.222. The van der Waals surface area contributed by atoms with Crippen LogP contribution in [-0.4, -0.2) is 18.3 Å². The van der Waals surface area contributed by atoms with Crippen LogP contribution in [0.3, 0.4) is 0 Å². The molecule has 0 saturated carbocycles. The Balaban J connectivity index is 2.01. The second-order valence-electron chi connectivity index (χ2n) is 5.34. The van der Waals surface area contributed by atoms with E-state index in [0.717, 1.165) is 15.6 Å². The quantitative estimate of drug-likeness (QED) is 0.793. The fourth-order valence-corrected chi connectivity index (χ4v) is 2.96. The number of carbonyl (C=O) groups is 2. The summed E-state index contributed by atoms with van der Waals surface area (Å²) >= 11 is 3.43. The van der Waals surface area contributed by atoms with Gasteiger partial charge in [-0.05, 0) is 56.2 Å². The van der Waals surface area contributed by atoms with Gasteiger partial charge in [-0.25, -0.2) is 0 Å². The van der Waals surface area contributed by atoms with E-state index in [1.54, 1.807) is 24.3 Å². The first-order valence-electron chi connectivity index (χ1n) is 7.17. The summed E-state index contributed by atoms with van der Waals surface area (Å²) in [6.45, 7) is 5.26. The normalized spacial score (nSPS) is 10.3. The number of hydrogen-bond acceptors (Lipinski definition) is 3. The van der Waals surface area contributed by atoms with Crippen LogP contribution in [0.5, 0.6) is 5.75 Å². The number of halogens is 1. The van der Waals surface area contributed by atoms with E-state index >= 15 is 0 Å². The van der Waals surface area contributed by atoms with Crippen molar-refractivity contribution in [1.29, 1.82) is 0 Å². The number of rotatable bonds is 5. The third kappa shape index (κ3) is 4.66. The average molecular weight is 376 g/mol. The molecule has 23 heavy (non-hydrogen) atoms. The minimum atomic E-state index is -0.271. The summed E-state index contributed by atoms with van der Waals surface area (Å²) in [6, 6.07) is 10.7. The second kappa shape index (κ2) is 7.42. The van der Waals surface area contributed by atoms with Crippen molar-refractivity contribution in [2.75, 3.05) is 11.9 Å². The predicted molar refractivity (Wildman–Crippen MR) is 94.2 cm³/mol. The zero-order valence-electron chi connectivity index (χ0n) is 13.3. The first-order valence-corrected chi connectivity index (χ1v) is 7.96. The maximum atomic E-state index is 12.0. The van der Waals surface area contributed by atoms with E-state index < -0.39 is 0 Å². The molecule has 4 nitrogen and oxygen atoms in total. The first-order chi connectivity index (χ1) is 10.9. The van der Waals surface area contributed by atoms with Gasteiger partial charge in [0.1, 0.15) is 5.75 Å². The van der Waals surface area contributed by atoms with Gasteiger partial charge in [0, 0.05) is 15.7 Å². The van der Waals surface area contributed by atoms with Crippen molar-refractivity contribution in [3.63, 3.8) is 0 Å². The molecule has 2 rings (SSSR count). The molecule has 120 valence electrons. The lowest BCUT2D eigenvalue weighted by atomic mass is 10.1. The van der Waals surface area contributed by atoms with Crippen molar-refractivity contribution in [3.8, 4) is 5.75 Å². The molecule has 0 atom stereocenters. The van der Waals surface area contributed by atoms with Gasteiger partial charge in [-0.1, -0.05) is 28.1 Å². The molecule has 1 N–H and O–H groups in total. The van der Waals surface area contributed by atoms with Gasteiger partial charge in [0.15, 0.2) is 12.4 Å². The number of hydrogen-bond donors (Lipinski definition) is 1. The molecule has 0 fully saturated rings. The van der Waals surface area contributed by atoms with Crippen molar-refractivity contribution in [3.05, 3.63) is 57.6 Å². The molecule has 0 saturated heterocycles. The summed E-state index contributed by atoms with van der Waals surface area (Å²) in [7, 11) is 0. The van der Waals surface area contributed by atoms with E-state index in [1.165, 1.54) is 6.92 Å². The largest absolute Gasteiger partial charge is 0.483 e. The van der Waals surface area contributed by atoms with Crippen LogP contribution in [0.25, 0.3) is 0 Å². The molecule has 0 unspecified atom stereocenters. The summed E-state index contributed by atoms with van der Waals surface area (Å²) in [5, 5.41) is 2.73. The molecular formula is C18H18BrNO3.